The second-order valence-electron chi connectivity index (χ2n) is 5.87. The lowest BCUT2D eigenvalue weighted by Crippen LogP contribution is -2.24. The van der Waals surface area contributed by atoms with Crippen molar-refractivity contribution in [1.82, 2.24) is 15.2 Å². The van der Waals surface area contributed by atoms with Crippen molar-refractivity contribution in [3.8, 4) is 10.6 Å². The van der Waals surface area contributed by atoms with Gasteiger partial charge in [-0.3, -0.25) is 10.1 Å². The number of amides is 1. The zero-order valence-corrected chi connectivity index (χ0v) is 17.2. The van der Waals surface area contributed by atoms with E-state index < -0.39 is 0 Å². The summed E-state index contributed by atoms with van der Waals surface area (Å²) in [5, 5.41) is 11.7. The van der Waals surface area contributed by atoms with Gasteiger partial charge in [-0.1, -0.05) is 42.2 Å². The molecule has 2 heterocycles. The van der Waals surface area contributed by atoms with Crippen LogP contribution in [-0.4, -0.2) is 26.3 Å². The number of halogens is 1. The predicted molar refractivity (Wildman–Crippen MR) is 113 cm³/mol. The van der Waals surface area contributed by atoms with E-state index in [9.17, 15) is 9.18 Å². The molecule has 5 nitrogen and oxygen atoms in total. The molecule has 1 amide bonds. The fourth-order valence-corrected chi connectivity index (χ4v) is 5.50. The highest BCUT2D eigenvalue weighted by molar-refractivity contribution is 8.02. The first-order valence-electron chi connectivity index (χ1n) is 8.55. The Bertz CT molecular complexity index is 1080. The first-order valence-corrected chi connectivity index (χ1v) is 11.1. The maximum Gasteiger partial charge on any atom is 0.239 e. The molecule has 0 bridgehead atoms. The van der Waals surface area contributed by atoms with Crippen LogP contribution in [0.1, 0.15) is 13.3 Å². The summed E-state index contributed by atoms with van der Waals surface area (Å²) < 4.78 is 15.0. The predicted octanol–water partition coefficient (Wildman–Crippen LogP) is 5.46. The SMILES string of the molecule is CCC(Sc1nc2ccccc2s1)C(=O)Nc1nnc(-c2ccc(F)cc2)s1. The zero-order chi connectivity index (χ0) is 19.5. The Hall–Kier alpha value is -2.36. The topological polar surface area (TPSA) is 67.8 Å². The van der Waals surface area contributed by atoms with E-state index in [4.69, 9.17) is 0 Å². The van der Waals surface area contributed by atoms with Crippen LogP contribution in [0, 0.1) is 5.82 Å². The van der Waals surface area contributed by atoms with Gasteiger partial charge in [0.15, 0.2) is 4.34 Å². The van der Waals surface area contributed by atoms with Crippen molar-refractivity contribution in [3.63, 3.8) is 0 Å². The molecular formula is C19H15FN4OS3. The minimum absolute atomic E-state index is 0.131. The molecule has 0 spiro atoms. The lowest BCUT2D eigenvalue weighted by molar-refractivity contribution is -0.115. The van der Waals surface area contributed by atoms with Gasteiger partial charge in [-0.2, -0.15) is 0 Å². The minimum atomic E-state index is -0.306. The highest BCUT2D eigenvalue weighted by atomic mass is 32.2. The Morgan fingerprint density at radius 2 is 1.93 bits per heavy atom. The first-order chi connectivity index (χ1) is 13.6. The van der Waals surface area contributed by atoms with Gasteiger partial charge in [0.25, 0.3) is 0 Å². The molecule has 1 N–H and O–H groups in total. The summed E-state index contributed by atoms with van der Waals surface area (Å²) in [6.45, 7) is 1.97. The smallest absolute Gasteiger partial charge is 0.239 e. The van der Waals surface area contributed by atoms with Gasteiger partial charge in [0.1, 0.15) is 10.8 Å². The quantitative estimate of drug-likeness (QED) is 0.411. The Balaban J connectivity index is 1.45. The minimum Gasteiger partial charge on any atom is -0.300 e. The highest BCUT2D eigenvalue weighted by Crippen LogP contribution is 2.34. The van der Waals surface area contributed by atoms with Crippen molar-refractivity contribution >= 4 is 55.7 Å². The second kappa shape index (κ2) is 8.34. The average Bonchev–Trinajstić information content (AvgIpc) is 3.33. The van der Waals surface area contributed by atoms with Crippen LogP contribution in [0.3, 0.4) is 0 Å². The van der Waals surface area contributed by atoms with Crippen molar-refractivity contribution in [2.45, 2.75) is 22.9 Å². The second-order valence-corrected chi connectivity index (χ2v) is 9.33. The van der Waals surface area contributed by atoms with Crippen LogP contribution in [0.5, 0.6) is 0 Å². The van der Waals surface area contributed by atoms with Gasteiger partial charge in [0.05, 0.1) is 15.5 Å². The number of thiazole rings is 1. The number of fused-ring (bicyclic) bond motifs is 1. The molecule has 0 aliphatic rings. The van der Waals surface area contributed by atoms with Crippen LogP contribution in [-0.2, 0) is 4.79 Å². The van der Waals surface area contributed by atoms with E-state index in [2.05, 4.69) is 20.5 Å². The van der Waals surface area contributed by atoms with Crippen LogP contribution in [0.25, 0.3) is 20.8 Å². The number of anilines is 1. The van der Waals surface area contributed by atoms with Crippen LogP contribution in [0.2, 0.25) is 0 Å². The summed E-state index contributed by atoms with van der Waals surface area (Å²) in [7, 11) is 0. The molecule has 2 aromatic heterocycles. The number of carbonyl (C=O) groups is 1. The van der Waals surface area contributed by atoms with Crippen LogP contribution >= 0.6 is 34.4 Å². The summed E-state index contributed by atoms with van der Waals surface area (Å²) in [5.41, 5.74) is 1.70. The van der Waals surface area contributed by atoms with Crippen molar-refractivity contribution in [1.29, 1.82) is 0 Å². The Labute approximate surface area is 173 Å². The zero-order valence-electron chi connectivity index (χ0n) is 14.8. The van der Waals surface area contributed by atoms with Gasteiger partial charge in [0.2, 0.25) is 11.0 Å². The lowest BCUT2D eigenvalue weighted by Gasteiger charge is -2.11. The maximum absolute atomic E-state index is 13.1. The van der Waals surface area contributed by atoms with Gasteiger partial charge in [-0.25, -0.2) is 9.37 Å². The molecular weight excluding hydrogens is 415 g/mol. The summed E-state index contributed by atoms with van der Waals surface area (Å²) in [5.74, 6) is -0.437. The van der Waals surface area contributed by atoms with Crippen molar-refractivity contribution in [2.24, 2.45) is 0 Å². The van der Waals surface area contributed by atoms with Crippen LogP contribution in [0.4, 0.5) is 9.52 Å². The Morgan fingerprint density at radius 1 is 1.14 bits per heavy atom. The fraction of sp³-hybridized carbons (Fsp3) is 0.158. The monoisotopic (exact) mass is 430 g/mol. The van der Waals surface area contributed by atoms with E-state index in [1.54, 1.807) is 23.5 Å². The van der Waals surface area contributed by atoms with Gasteiger partial charge >= 0.3 is 0 Å². The van der Waals surface area contributed by atoms with E-state index in [-0.39, 0.29) is 17.0 Å². The number of hydrogen-bond donors (Lipinski definition) is 1. The number of nitrogens with zero attached hydrogens (tertiary/aromatic N) is 3. The van der Waals surface area contributed by atoms with Crippen LogP contribution < -0.4 is 5.32 Å². The number of aromatic nitrogens is 3. The number of nitrogens with one attached hydrogen (secondary N) is 1. The molecule has 2 aromatic carbocycles. The molecule has 1 unspecified atom stereocenters. The Kier molecular flexibility index (Phi) is 5.65. The maximum atomic E-state index is 13.1. The van der Waals surface area contributed by atoms with E-state index in [1.807, 2.05) is 31.2 Å². The molecule has 4 rings (SSSR count). The molecule has 9 heteroatoms. The van der Waals surface area contributed by atoms with E-state index in [0.29, 0.717) is 16.6 Å². The molecule has 0 saturated carbocycles. The number of carbonyl (C=O) groups excluding carboxylic acids is 1. The molecule has 0 aliphatic heterocycles. The van der Waals surface area contributed by atoms with Gasteiger partial charge < -0.3 is 0 Å². The number of rotatable bonds is 6. The summed E-state index contributed by atoms with van der Waals surface area (Å²) in [6, 6.07) is 13.9. The molecule has 4 aromatic rings. The molecule has 28 heavy (non-hydrogen) atoms. The van der Waals surface area contributed by atoms with Crippen molar-refractivity contribution < 1.29 is 9.18 Å². The largest absolute Gasteiger partial charge is 0.300 e. The average molecular weight is 431 g/mol. The van der Waals surface area contributed by atoms with Gasteiger partial charge in [-0.05, 0) is 42.8 Å². The number of para-hydroxylation sites is 1. The number of hydrogen-bond acceptors (Lipinski definition) is 7. The van der Waals surface area contributed by atoms with Crippen LogP contribution in [0.15, 0.2) is 52.9 Å². The first kappa shape index (κ1) is 19.0. The van der Waals surface area contributed by atoms with Crippen molar-refractivity contribution in [3.05, 3.63) is 54.3 Å². The molecule has 1 atom stereocenters. The molecule has 0 radical (unpaired) electrons. The van der Waals surface area contributed by atoms with Gasteiger partial charge in [0, 0.05) is 5.56 Å². The molecule has 0 saturated heterocycles. The lowest BCUT2D eigenvalue weighted by atomic mass is 10.2. The summed E-state index contributed by atoms with van der Waals surface area (Å²) >= 11 is 4.30. The third kappa shape index (κ3) is 4.21. The highest BCUT2D eigenvalue weighted by Gasteiger charge is 2.21. The van der Waals surface area contributed by atoms with Crippen molar-refractivity contribution in [2.75, 3.05) is 5.32 Å². The third-order valence-corrected chi connectivity index (χ3v) is 7.31. The number of thioether (sulfide) groups is 1. The summed E-state index contributed by atoms with van der Waals surface area (Å²) in [6.07, 6.45) is 0.663. The number of benzene rings is 2. The molecule has 142 valence electrons. The van der Waals surface area contributed by atoms with E-state index in [1.165, 1.54) is 35.2 Å². The van der Waals surface area contributed by atoms with E-state index in [0.717, 1.165) is 20.1 Å². The summed E-state index contributed by atoms with van der Waals surface area (Å²) in [4.78, 5) is 17.3. The normalized spacial score (nSPS) is 12.2. The van der Waals surface area contributed by atoms with Gasteiger partial charge in [-0.15, -0.1) is 21.5 Å². The van der Waals surface area contributed by atoms with E-state index >= 15 is 0 Å². The molecule has 0 fully saturated rings. The fourth-order valence-electron chi connectivity index (χ4n) is 2.51. The molecule has 0 aliphatic carbocycles. The Morgan fingerprint density at radius 3 is 2.68 bits per heavy atom. The third-order valence-electron chi connectivity index (χ3n) is 3.93. The standard InChI is InChI=1S/C19H15FN4OS3/c1-2-14(26-19-21-13-5-3-4-6-15(13)27-19)16(25)22-18-24-23-17(28-18)11-7-9-12(20)10-8-11/h3-10,14H,2H2,1H3,(H,22,24,25).